The number of amides is 1. The third-order valence-electron chi connectivity index (χ3n) is 2.55. The number of carboxylic acids is 1. The first-order valence-corrected chi connectivity index (χ1v) is 7.50. The highest BCUT2D eigenvalue weighted by molar-refractivity contribution is 5.84. The Bertz CT molecular complexity index is 600. The molecule has 0 unspecified atom stereocenters. The molecule has 0 fully saturated rings. The molecular formula is C16H23F3N2O5. The van der Waals surface area contributed by atoms with E-state index < -0.39 is 23.8 Å². The van der Waals surface area contributed by atoms with Crippen LogP contribution in [0.3, 0.4) is 0 Å². The van der Waals surface area contributed by atoms with E-state index in [9.17, 15) is 18.0 Å². The van der Waals surface area contributed by atoms with Gasteiger partial charge in [-0.3, -0.25) is 5.32 Å². The monoisotopic (exact) mass is 380 g/mol. The van der Waals surface area contributed by atoms with Crippen LogP contribution in [0.4, 0.5) is 23.7 Å². The fraction of sp³-hybridized carbons (Fsp3) is 0.500. The van der Waals surface area contributed by atoms with Crippen LogP contribution in [-0.4, -0.2) is 46.7 Å². The van der Waals surface area contributed by atoms with Crippen molar-refractivity contribution >= 4 is 17.7 Å². The topological polar surface area (TPSA) is 122 Å². The number of aliphatic hydroxyl groups is 1. The Morgan fingerprint density at radius 3 is 2.23 bits per heavy atom. The number of aliphatic carboxylic acids is 1. The maximum atomic E-state index is 11.6. The van der Waals surface area contributed by atoms with Crippen molar-refractivity contribution in [1.29, 1.82) is 0 Å². The Morgan fingerprint density at radius 1 is 1.27 bits per heavy atom. The number of nitrogens with one attached hydrogen (secondary N) is 1. The number of halogens is 3. The van der Waals surface area contributed by atoms with Crippen molar-refractivity contribution in [2.24, 2.45) is 5.73 Å². The van der Waals surface area contributed by atoms with Crippen LogP contribution < -0.4 is 11.1 Å². The Kier molecular flexibility index (Phi) is 9.08. The summed E-state index contributed by atoms with van der Waals surface area (Å²) in [5.41, 5.74) is 6.75. The van der Waals surface area contributed by atoms with Gasteiger partial charge in [-0.1, -0.05) is 12.1 Å². The lowest BCUT2D eigenvalue weighted by Gasteiger charge is -2.19. The number of anilines is 1. The van der Waals surface area contributed by atoms with Gasteiger partial charge in [-0.25, -0.2) is 9.59 Å². The van der Waals surface area contributed by atoms with Gasteiger partial charge < -0.3 is 20.7 Å². The van der Waals surface area contributed by atoms with E-state index in [0.29, 0.717) is 12.1 Å². The van der Waals surface area contributed by atoms with Crippen molar-refractivity contribution in [2.75, 3.05) is 11.9 Å². The third kappa shape index (κ3) is 11.3. The van der Waals surface area contributed by atoms with Gasteiger partial charge >= 0.3 is 18.2 Å². The Hall–Kier alpha value is -2.33. The number of aliphatic hydroxyl groups excluding tert-OH is 1. The van der Waals surface area contributed by atoms with E-state index in [1.807, 2.05) is 39.0 Å². The van der Waals surface area contributed by atoms with Gasteiger partial charge in [0.25, 0.3) is 0 Å². The molecule has 0 aliphatic rings. The standard InChI is InChI=1S/C14H22N2O3.C2HF3O2/c1-14(2,3)19-13(18)16-12-6-4-5-10(8-12)7-11(15)9-17;3-2(4,5)1(6)7/h4-6,8,11,17H,7,9,15H2,1-3H3,(H,16,18);(H,6,7)/t11-;/m0./s1. The molecule has 1 aromatic carbocycles. The second-order valence-electron chi connectivity index (χ2n) is 6.28. The predicted molar refractivity (Wildman–Crippen MR) is 88.8 cm³/mol. The number of nitrogens with two attached hydrogens (primary N) is 1. The average molecular weight is 380 g/mol. The van der Waals surface area contributed by atoms with Gasteiger partial charge in [0.2, 0.25) is 0 Å². The molecule has 5 N–H and O–H groups in total. The summed E-state index contributed by atoms with van der Waals surface area (Å²) in [7, 11) is 0. The van der Waals surface area contributed by atoms with Crippen molar-refractivity contribution < 1.29 is 37.7 Å². The van der Waals surface area contributed by atoms with E-state index in [1.165, 1.54) is 0 Å². The molecule has 1 rings (SSSR count). The molecule has 0 bridgehead atoms. The van der Waals surface area contributed by atoms with Gasteiger partial charge in [0.15, 0.2) is 0 Å². The van der Waals surface area contributed by atoms with Crippen LogP contribution in [0, 0.1) is 0 Å². The van der Waals surface area contributed by atoms with E-state index >= 15 is 0 Å². The number of hydrogen-bond acceptors (Lipinski definition) is 5. The highest BCUT2D eigenvalue weighted by Crippen LogP contribution is 2.15. The fourth-order valence-corrected chi connectivity index (χ4v) is 1.56. The van der Waals surface area contributed by atoms with E-state index in [2.05, 4.69) is 5.32 Å². The molecule has 0 aliphatic heterocycles. The molecule has 0 heterocycles. The summed E-state index contributed by atoms with van der Waals surface area (Å²) in [5, 5.41) is 18.7. The molecule has 0 spiro atoms. The minimum absolute atomic E-state index is 0.0658. The maximum absolute atomic E-state index is 11.6. The molecule has 0 aliphatic carbocycles. The van der Waals surface area contributed by atoms with Crippen molar-refractivity contribution in [2.45, 2.75) is 45.0 Å². The second kappa shape index (κ2) is 9.97. The van der Waals surface area contributed by atoms with Crippen LogP contribution >= 0.6 is 0 Å². The highest BCUT2D eigenvalue weighted by Gasteiger charge is 2.38. The first-order valence-electron chi connectivity index (χ1n) is 7.50. The second-order valence-corrected chi connectivity index (χ2v) is 6.28. The van der Waals surface area contributed by atoms with E-state index in [1.54, 1.807) is 6.07 Å². The molecule has 1 atom stereocenters. The van der Waals surface area contributed by atoms with Gasteiger partial charge in [-0.05, 0) is 44.9 Å². The van der Waals surface area contributed by atoms with Crippen molar-refractivity contribution in [3.05, 3.63) is 29.8 Å². The molecule has 0 radical (unpaired) electrons. The minimum Gasteiger partial charge on any atom is -0.475 e. The lowest BCUT2D eigenvalue weighted by molar-refractivity contribution is -0.192. The van der Waals surface area contributed by atoms with Gasteiger partial charge in [0.05, 0.1) is 6.61 Å². The number of ether oxygens (including phenoxy) is 1. The first-order chi connectivity index (χ1) is 11.7. The number of carbonyl (C=O) groups is 2. The Labute approximate surface area is 148 Å². The average Bonchev–Trinajstić information content (AvgIpc) is 2.44. The zero-order chi connectivity index (χ0) is 20.5. The smallest absolute Gasteiger partial charge is 0.475 e. The van der Waals surface area contributed by atoms with Crippen LogP contribution in [-0.2, 0) is 16.0 Å². The minimum atomic E-state index is -5.08. The van der Waals surface area contributed by atoms with Crippen LogP contribution in [0.5, 0.6) is 0 Å². The van der Waals surface area contributed by atoms with Crippen LogP contribution in [0.15, 0.2) is 24.3 Å². The normalized spacial score (nSPS) is 12.5. The summed E-state index contributed by atoms with van der Waals surface area (Å²) < 4.78 is 36.9. The number of hydrogen-bond donors (Lipinski definition) is 4. The lowest BCUT2D eigenvalue weighted by atomic mass is 10.1. The summed E-state index contributed by atoms with van der Waals surface area (Å²) >= 11 is 0. The summed E-state index contributed by atoms with van der Waals surface area (Å²) in [6.45, 7) is 5.36. The SMILES string of the molecule is CC(C)(C)OC(=O)Nc1cccc(C[C@H](N)CO)c1.O=C(O)C(F)(F)F. The highest BCUT2D eigenvalue weighted by atomic mass is 19.4. The van der Waals surface area contributed by atoms with Crippen molar-refractivity contribution in [3.8, 4) is 0 Å². The van der Waals surface area contributed by atoms with E-state index in [4.69, 9.17) is 25.5 Å². The van der Waals surface area contributed by atoms with E-state index in [-0.39, 0.29) is 12.6 Å². The van der Waals surface area contributed by atoms with Crippen LogP contribution in [0.2, 0.25) is 0 Å². The Balaban J connectivity index is 0.000000758. The zero-order valence-electron chi connectivity index (χ0n) is 14.6. The molecule has 148 valence electrons. The number of carboxylic acid groups (broad SMARTS) is 1. The molecular weight excluding hydrogens is 357 g/mol. The molecule has 26 heavy (non-hydrogen) atoms. The lowest BCUT2D eigenvalue weighted by Crippen LogP contribution is -2.28. The van der Waals surface area contributed by atoms with Crippen molar-refractivity contribution in [3.63, 3.8) is 0 Å². The van der Waals surface area contributed by atoms with Gasteiger partial charge in [-0.2, -0.15) is 13.2 Å². The van der Waals surface area contributed by atoms with Gasteiger partial charge in [0, 0.05) is 11.7 Å². The number of carbonyl (C=O) groups excluding carboxylic acids is 1. The first kappa shape index (κ1) is 23.7. The number of alkyl halides is 3. The predicted octanol–water partition coefficient (Wildman–Crippen LogP) is 2.53. The molecule has 1 aromatic rings. The third-order valence-corrected chi connectivity index (χ3v) is 2.55. The molecule has 10 heteroatoms. The molecule has 7 nitrogen and oxygen atoms in total. The maximum Gasteiger partial charge on any atom is 0.490 e. The number of rotatable bonds is 4. The van der Waals surface area contributed by atoms with Crippen LogP contribution in [0.1, 0.15) is 26.3 Å². The van der Waals surface area contributed by atoms with Gasteiger partial charge in [-0.15, -0.1) is 0 Å². The van der Waals surface area contributed by atoms with Crippen LogP contribution in [0.25, 0.3) is 0 Å². The summed E-state index contributed by atoms with van der Waals surface area (Å²) in [5.74, 6) is -2.76. The quantitative estimate of drug-likeness (QED) is 0.637. The molecule has 0 saturated heterocycles. The van der Waals surface area contributed by atoms with Gasteiger partial charge in [0.1, 0.15) is 5.60 Å². The Morgan fingerprint density at radius 2 is 1.81 bits per heavy atom. The largest absolute Gasteiger partial charge is 0.490 e. The summed E-state index contributed by atoms with van der Waals surface area (Å²) in [6.07, 6.45) is -5.02. The van der Waals surface area contributed by atoms with E-state index in [0.717, 1.165) is 5.56 Å². The summed E-state index contributed by atoms with van der Waals surface area (Å²) in [4.78, 5) is 20.5. The molecule has 1 amide bonds. The summed E-state index contributed by atoms with van der Waals surface area (Å²) in [6, 6.07) is 7.02. The zero-order valence-corrected chi connectivity index (χ0v) is 14.6. The molecule has 0 aromatic heterocycles. The van der Waals surface area contributed by atoms with Crippen molar-refractivity contribution in [1.82, 2.24) is 0 Å². The molecule has 0 saturated carbocycles. The number of benzene rings is 1. The fourth-order valence-electron chi connectivity index (χ4n) is 1.56.